The van der Waals surface area contributed by atoms with Crippen molar-refractivity contribution < 1.29 is 4.79 Å². The third-order valence-corrected chi connectivity index (χ3v) is 4.87. The second-order valence-corrected chi connectivity index (χ2v) is 6.61. The van der Waals surface area contributed by atoms with Crippen LogP contribution in [-0.2, 0) is 7.05 Å². The number of thiophene rings is 1. The maximum atomic E-state index is 12.8. The summed E-state index contributed by atoms with van der Waals surface area (Å²) in [6.45, 7) is 0. The lowest BCUT2D eigenvalue weighted by atomic mass is 10.1. The largest absolute Gasteiger partial charge is 0.321 e. The van der Waals surface area contributed by atoms with Crippen molar-refractivity contribution in [3.63, 3.8) is 0 Å². The van der Waals surface area contributed by atoms with E-state index >= 15 is 0 Å². The number of aromatic nitrogens is 4. The maximum absolute atomic E-state index is 12.8. The molecule has 7 heteroatoms. The van der Waals surface area contributed by atoms with Crippen LogP contribution in [-0.4, -0.2) is 26.1 Å². The van der Waals surface area contributed by atoms with E-state index < -0.39 is 0 Å². The fraction of sp³-hybridized carbons (Fsp3) is 0.0526. The SMILES string of the molecule is Cn1nnnc1-c1cccc(NC(=O)c2sccc2-c2ccccc2)c1. The van der Waals surface area contributed by atoms with Gasteiger partial charge >= 0.3 is 0 Å². The van der Waals surface area contributed by atoms with E-state index in [2.05, 4.69) is 20.8 Å². The van der Waals surface area contributed by atoms with Crippen LogP contribution in [0.2, 0.25) is 0 Å². The average molecular weight is 361 g/mol. The quantitative estimate of drug-likeness (QED) is 0.599. The van der Waals surface area contributed by atoms with E-state index in [-0.39, 0.29) is 5.91 Å². The summed E-state index contributed by atoms with van der Waals surface area (Å²) >= 11 is 1.43. The van der Waals surface area contributed by atoms with E-state index in [1.807, 2.05) is 66.0 Å². The Hall–Kier alpha value is -3.32. The molecule has 0 unspecified atom stereocenters. The number of carbonyl (C=O) groups is 1. The molecule has 4 aromatic rings. The lowest BCUT2D eigenvalue weighted by Crippen LogP contribution is -2.11. The fourth-order valence-corrected chi connectivity index (χ4v) is 3.54. The number of hydrogen-bond acceptors (Lipinski definition) is 5. The van der Waals surface area contributed by atoms with E-state index in [0.717, 1.165) is 16.7 Å². The number of rotatable bonds is 4. The molecule has 0 spiro atoms. The van der Waals surface area contributed by atoms with Crippen LogP contribution in [0.1, 0.15) is 9.67 Å². The fourth-order valence-electron chi connectivity index (χ4n) is 2.73. The lowest BCUT2D eigenvalue weighted by molar-refractivity contribution is 0.103. The highest BCUT2D eigenvalue weighted by Crippen LogP contribution is 2.29. The zero-order chi connectivity index (χ0) is 17.9. The number of anilines is 1. The molecule has 0 saturated heterocycles. The van der Waals surface area contributed by atoms with Crippen LogP contribution >= 0.6 is 11.3 Å². The van der Waals surface area contributed by atoms with Crippen molar-refractivity contribution in [3.05, 3.63) is 70.9 Å². The second kappa shape index (κ2) is 6.89. The molecule has 0 aliphatic heterocycles. The Labute approximate surface area is 154 Å². The first-order valence-electron chi connectivity index (χ1n) is 7.99. The van der Waals surface area contributed by atoms with Gasteiger partial charge < -0.3 is 5.32 Å². The van der Waals surface area contributed by atoms with Crippen molar-refractivity contribution in [1.82, 2.24) is 20.2 Å². The summed E-state index contributed by atoms with van der Waals surface area (Å²) in [6, 6.07) is 19.3. The third kappa shape index (κ3) is 3.12. The van der Waals surface area contributed by atoms with Crippen molar-refractivity contribution >= 4 is 22.9 Å². The number of benzene rings is 2. The predicted molar refractivity (Wildman–Crippen MR) is 102 cm³/mol. The van der Waals surface area contributed by atoms with E-state index in [1.165, 1.54) is 11.3 Å². The van der Waals surface area contributed by atoms with Crippen molar-refractivity contribution in [3.8, 4) is 22.5 Å². The van der Waals surface area contributed by atoms with Gasteiger partial charge in [-0.3, -0.25) is 4.79 Å². The van der Waals surface area contributed by atoms with Gasteiger partial charge in [-0.25, -0.2) is 4.68 Å². The minimum absolute atomic E-state index is 0.132. The van der Waals surface area contributed by atoms with Crippen LogP contribution in [0.25, 0.3) is 22.5 Å². The summed E-state index contributed by atoms with van der Waals surface area (Å²) in [5.41, 5.74) is 3.49. The normalized spacial score (nSPS) is 10.7. The van der Waals surface area contributed by atoms with E-state index in [9.17, 15) is 4.79 Å². The summed E-state index contributed by atoms with van der Waals surface area (Å²) in [6.07, 6.45) is 0. The molecule has 0 radical (unpaired) electrons. The third-order valence-electron chi connectivity index (χ3n) is 3.96. The van der Waals surface area contributed by atoms with Gasteiger partial charge in [0.15, 0.2) is 5.82 Å². The number of aryl methyl sites for hydroxylation is 1. The first-order valence-corrected chi connectivity index (χ1v) is 8.87. The predicted octanol–water partition coefficient (Wildman–Crippen LogP) is 3.86. The first kappa shape index (κ1) is 16.2. The van der Waals surface area contributed by atoms with Crippen LogP contribution in [0.3, 0.4) is 0 Å². The topological polar surface area (TPSA) is 72.7 Å². The summed E-state index contributed by atoms with van der Waals surface area (Å²) < 4.78 is 1.59. The molecule has 2 aromatic heterocycles. The maximum Gasteiger partial charge on any atom is 0.266 e. The average Bonchev–Trinajstić information content (AvgIpc) is 3.31. The molecule has 2 heterocycles. The van der Waals surface area contributed by atoms with Gasteiger partial charge in [0.05, 0.1) is 4.88 Å². The summed E-state index contributed by atoms with van der Waals surface area (Å²) in [5.74, 6) is 0.509. The molecule has 0 saturated carbocycles. The Kier molecular flexibility index (Phi) is 4.28. The number of nitrogens with one attached hydrogen (secondary N) is 1. The molecule has 0 atom stereocenters. The van der Waals surface area contributed by atoms with Crippen LogP contribution in [0, 0.1) is 0 Å². The van der Waals surface area contributed by atoms with Gasteiger partial charge in [0.25, 0.3) is 5.91 Å². The van der Waals surface area contributed by atoms with E-state index in [1.54, 1.807) is 11.7 Å². The van der Waals surface area contributed by atoms with Crippen molar-refractivity contribution in [2.45, 2.75) is 0 Å². The molecule has 0 aliphatic rings. The standard InChI is InChI=1S/C19H15N5OS/c1-24-18(21-22-23-24)14-8-5-9-15(12-14)20-19(25)17-16(10-11-26-17)13-6-3-2-4-7-13/h2-12H,1H3,(H,20,25). The highest BCUT2D eigenvalue weighted by atomic mass is 32.1. The lowest BCUT2D eigenvalue weighted by Gasteiger charge is -2.08. The van der Waals surface area contributed by atoms with Crippen molar-refractivity contribution in [2.24, 2.45) is 7.05 Å². The number of nitrogens with zero attached hydrogens (tertiary/aromatic N) is 4. The second-order valence-electron chi connectivity index (χ2n) is 5.69. The van der Waals surface area contributed by atoms with Crippen LogP contribution in [0.15, 0.2) is 66.0 Å². The minimum Gasteiger partial charge on any atom is -0.321 e. The summed E-state index contributed by atoms with van der Waals surface area (Å²) in [7, 11) is 1.78. The number of carbonyl (C=O) groups excluding carboxylic acids is 1. The molecule has 2 aromatic carbocycles. The highest BCUT2D eigenvalue weighted by Gasteiger charge is 2.15. The van der Waals surface area contributed by atoms with Crippen molar-refractivity contribution in [2.75, 3.05) is 5.32 Å². The molecule has 1 N–H and O–H groups in total. The molecule has 0 fully saturated rings. The van der Waals surface area contributed by atoms with Gasteiger partial charge in [-0.1, -0.05) is 42.5 Å². The Morgan fingerprint density at radius 1 is 1.04 bits per heavy atom. The van der Waals surface area contributed by atoms with Crippen LogP contribution in [0.4, 0.5) is 5.69 Å². The van der Waals surface area contributed by atoms with E-state index in [0.29, 0.717) is 16.4 Å². The van der Waals surface area contributed by atoms with Gasteiger partial charge in [-0.05, 0) is 39.6 Å². The molecule has 6 nitrogen and oxygen atoms in total. The smallest absolute Gasteiger partial charge is 0.266 e. The zero-order valence-electron chi connectivity index (χ0n) is 14.0. The van der Waals surface area contributed by atoms with Gasteiger partial charge in [-0.2, -0.15) is 0 Å². The molecular weight excluding hydrogens is 346 g/mol. The monoisotopic (exact) mass is 361 g/mol. The Balaban J connectivity index is 1.61. The van der Waals surface area contributed by atoms with Gasteiger partial charge in [0.1, 0.15) is 0 Å². The van der Waals surface area contributed by atoms with Gasteiger partial charge in [0.2, 0.25) is 0 Å². The number of hydrogen-bond donors (Lipinski definition) is 1. The summed E-state index contributed by atoms with van der Waals surface area (Å²) in [5, 5.41) is 16.4. The molecular formula is C19H15N5OS. The minimum atomic E-state index is -0.132. The molecule has 0 bridgehead atoms. The zero-order valence-corrected chi connectivity index (χ0v) is 14.8. The van der Waals surface area contributed by atoms with Crippen LogP contribution in [0.5, 0.6) is 0 Å². The van der Waals surface area contributed by atoms with Crippen molar-refractivity contribution in [1.29, 1.82) is 0 Å². The highest BCUT2D eigenvalue weighted by molar-refractivity contribution is 7.12. The Morgan fingerprint density at radius 3 is 2.62 bits per heavy atom. The molecule has 26 heavy (non-hydrogen) atoms. The Bertz CT molecular complexity index is 1050. The van der Waals surface area contributed by atoms with Crippen LogP contribution < -0.4 is 5.32 Å². The van der Waals surface area contributed by atoms with Gasteiger partial charge in [-0.15, -0.1) is 16.4 Å². The number of tetrazole rings is 1. The first-order chi connectivity index (χ1) is 12.7. The summed E-state index contributed by atoms with van der Waals surface area (Å²) in [4.78, 5) is 13.5. The Morgan fingerprint density at radius 2 is 1.85 bits per heavy atom. The van der Waals surface area contributed by atoms with Gasteiger partial charge in [0, 0.05) is 23.9 Å². The molecule has 0 aliphatic carbocycles. The molecule has 1 amide bonds. The molecule has 4 rings (SSSR count). The number of amides is 1. The van der Waals surface area contributed by atoms with E-state index in [4.69, 9.17) is 0 Å². The molecule has 128 valence electrons.